The Balaban J connectivity index is 1.99. The highest BCUT2D eigenvalue weighted by molar-refractivity contribution is 5.62. The number of nitrogen functional groups attached to an aromatic ring is 1. The molecule has 96 valence electrons. The van der Waals surface area contributed by atoms with Crippen molar-refractivity contribution in [3.63, 3.8) is 0 Å². The molecule has 0 saturated heterocycles. The van der Waals surface area contributed by atoms with E-state index in [-0.39, 0.29) is 0 Å². The summed E-state index contributed by atoms with van der Waals surface area (Å²) in [6.45, 7) is 0. The number of anilines is 2. The molecule has 0 aromatic heterocycles. The van der Waals surface area contributed by atoms with Crippen LogP contribution in [0.4, 0.5) is 11.4 Å². The van der Waals surface area contributed by atoms with Crippen molar-refractivity contribution in [3.8, 4) is 6.07 Å². The maximum atomic E-state index is 8.85. The van der Waals surface area contributed by atoms with Crippen LogP contribution in [0.5, 0.6) is 0 Å². The van der Waals surface area contributed by atoms with Crippen LogP contribution >= 0.6 is 0 Å². The van der Waals surface area contributed by atoms with Crippen LogP contribution < -0.4 is 11.1 Å². The minimum Gasteiger partial charge on any atom is -0.398 e. The Morgan fingerprint density at radius 1 is 1.11 bits per heavy atom. The molecular weight excluding hydrogens is 222 g/mol. The summed E-state index contributed by atoms with van der Waals surface area (Å²) in [6.07, 6.45) is 9.19. The summed E-state index contributed by atoms with van der Waals surface area (Å²) in [7, 11) is 0. The zero-order chi connectivity index (χ0) is 12.8. The van der Waals surface area contributed by atoms with E-state index in [0.717, 1.165) is 5.69 Å². The number of benzene rings is 1. The molecule has 1 aliphatic carbocycles. The lowest BCUT2D eigenvalue weighted by molar-refractivity contribution is 0.471. The highest BCUT2D eigenvalue weighted by atomic mass is 14.9. The average Bonchev–Trinajstić information content (AvgIpc) is 2.33. The fourth-order valence-corrected chi connectivity index (χ4v) is 2.59. The van der Waals surface area contributed by atoms with Crippen molar-refractivity contribution in [2.24, 2.45) is 0 Å². The fraction of sp³-hybridized carbons (Fsp3) is 0.533. The van der Waals surface area contributed by atoms with Crippen LogP contribution in [0.15, 0.2) is 18.2 Å². The van der Waals surface area contributed by atoms with E-state index in [4.69, 9.17) is 11.0 Å². The number of hydrogen-bond acceptors (Lipinski definition) is 3. The Hall–Kier alpha value is -1.69. The van der Waals surface area contributed by atoms with Crippen LogP contribution in [0.3, 0.4) is 0 Å². The molecule has 0 unspecified atom stereocenters. The molecule has 2 rings (SSSR count). The summed E-state index contributed by atoms with van der Waals surface area (Å²) in [5.41, 5.74) is 7.99. The minimum absolute atomic E-state index is 0.553. The number of nitrogens with zero attached hydrogens (tertiary/aromatic N) is 1. The highest BCUT2D eigenvalue weighted by Gasteiger charge is 2.11. The number of nitrogens with one attached hydrogen (secondary N) is 1. The molecule has 0 heterocycles. The van der Waals surface area contributed by atoms with Gasteiger partial charge in [-0.25, -0.2) is 0 Å². The van der Waals surface area contributed by atoms with Gasteiger partial charge < -0.3 is 11.1 Å². The highest BCUT2D eigenvalue weighted by Crippen LogP contribution is 2.23. The number of rotatable bonds is 2. The zero-order valence-electron chi connectivity index (χ0n) is 10.8. The first-order valence-electron chi connectivity index (χ1n) is 6.86. The predicted molar refractivity (Wildman–Crippen MR) is 75.3 cm³/mol. The Kier molecular flexibility index (Phi) is 4.46. The molecule has 0 amide bonds. The molecule has 3 N–H and O–H groups in total. The predicted octanol–water partition coefficient (Wildman–Crippen LogP) is 3.67. The van der Waals surface area contributed by atoms with Crippen molar-refractivity contribution in [1.29, 1.82) is 5.26 Å². The first-order valence-corrected chi connectivity index (χ1v) is 6.86. The van der Waals surface area contributed by atoms with Gasteiger partial charge in [0.2, 0.25) is 0 Å². The molecular formula is C15H21N3. The van der Waals surface area contributed by atoms with Crippen LogP contribution in [0.2, 0.25) is 0 Å². The third-order valence-electron chi connectivity index (χ3n) is 3.65. The molecule has 0 bridgehead atoms. The normalized spacial score (nSPS) is 17.5. The zero-order valence-corrected chi connectivity index (χ0v) is 10.8. The van der Waals surface area contributed by atoms with Crippen LogP contribution in [-0.2, 0) is 0 Å². The van der Waals surface area contributed by atoms with E-state index >= 15 is 0 Å². The maximum absolute atomic E-state index is 8.85. The van der Waals surface area contributed by atoms with Gasteiger partial charge in [0.1, 0.15) is 6.07 Å². The summed E-state index contributed by atoms with van der Waals surface area (Å²) >= 11 is 0. The summed E-state index contributed by atoms with van der Waals surface area (Å²) in [5.74, 6) is 0. The van der Waals surface area contributed by atoms with Gasteiger partial charge in [0, 0.05) is 11.7 Å². The third-order valence-corrected chi connectivity index (χ3v) is 3.65. The quantitative estimate of drug-likeness (QED) is 0.779. The van der Waals surface area contributed by atoms with E-state index < -0.39 is 0 Å². The summed E-state index contributed by atoms with van der Waals surface area (Å²) in [6, 6.07) is 8.26. The Labute approximate surface area is 109 Å². The monoisotopic (exact) mass is 243 g/mol. The molecule has 0 radical (unpaired) electrons. The van der Waals surface area contributed by atoms with Crippen molar-refractivity contribution < 1.29 is 0 Å². The lowest BCUT2D eigenvalue weighted by Crippen LogP contribution is -2.20. The van der Waals surface area contributed by atoms with Gasteiger partial charge in [0.05, 0.1) is 11.3 Å². The largest absolute Gasteiger partial charge is 0.398 e. The molecule has 0 aliphatic heterocycles. The molecule has 1 aromatic rings. The Morgan fingerprint density at radius 3 is 2.39 bits per heavy atom. The number of nitrogens with two attached hydrogens (primary N) is 1. The molecule has 1 saturated carbocycles. The fourth-order valence-electron chi connectivity index (χ4n) is 2.59. The van der Waals surface area contributed by atoms with Crippen molar-refractivity contribution >= 4 is 11.4 Å². The summed E-state index contributed by atoms with van der Waals surface area (Å²) in [5, 5.41) is 12.4. The lowest BCUT2D eigenvalue weighted by atomic mass is 9.96. The van der Waals surface area contributed by atoms with Gasteiger partial charge in [0.15, 0.2) is 0 Å². The second kappa shape index (κ2) is 6.30. The minimum atomic E-state index is 0.553. The summed E-state index contributed by atoms with van der Waals surface area (Å²) < 4.78 is 0. The van der Waals surface area contributed by atoms with Crippen molar-refractivity contribution in [2.45, 2.75) is 51.0 Å². The molecule has 3 heteroatoms. The Bertz CT molecular complexity index is 426. The van der Waals surface area contributed by atoms with Crippen LogP contribution in [-0.4, -0.2) is 6.04 Å². The molecule has 1 fully saturated rings. The van der Waals surface area contributed by atoms with Gasteiger partial charge in [-0.3, -0.25) is 0 Å². The van der Waals surface area contributed by atoms with Crippen LogP contribution in [0.25, 0.3) is 0 Å². The smallest absolute Gasteiger partial charge is 0.101 e. The van der Waals surface area contributed by atoms with Gasteiger partial charge in [-0.15, -0.1) is 0 Å². The first-order chi connectivity index (χ1) is 8.79. The lowest BCUT2D eigenvalue weighted by Gasteiger charge is -2.22. The van der Waals surface area contributed by atoms with Gasteiger partial charge in [-0.2, -0.15) is 5.26 Å². The summed E-state index contributed by atoms with van der Waals surface area (Å²) in [4.78, 5) is 0. The molecule has 1 aromatic carbocycles. The van der Waals surface area contributed by atoms with Gasteiger partial charge >= 0.3 is 0 Å². The van der Waals surface area contributed by atoms with Crippen LogP contribution in [0, 0.1) is 11.3 Å². The van der Waals surface area contributed by atoms with E-state index in [0.29, 0.717) is 17.3 Å². The average molecular weight is 243 g/mol. The van der Waals surface area contributed by atoms with Crippen molar-refractivity contribution in [3.05, 3.63) is 23.8 Å². The number of nitriles is 1. The van der Waals surface area contributed by atoms with Crippen molar-refractivity contribution in [1.82, 2.24) is 0 Å². The molecule has 3 nitrogen and oxygen atoms in total. The van der Waals surface area contributed by atoms with E-state index in [2.05, 4.69) is 11.4 Å². The van der Waals surface area contributed by atoms with E-state index in [1.165, 1.54) is 44.9 Å². The standard InChI is InChI=1S/C15H21N3/c16-11-12-8-9-14(10-15(12)17)18-13-6-4-2-1-3-5-7-13/h8-10,13,18H,1-7,17H2. The molecule has 0 spiro atoms. The Morgan fingerprint density at radius 2 is 1.78 bits per heavy atom. The maximum Gasteiger partial charge on any atom is 0.101 e. The number of hydrogen-bond donors (Lipinski definition) is 2. The van der Waals surface area contributed by atoms with Crippen molar-refractivity contribution in [2.75, 3.05) is 11.1 Å². The molecule has 0 atom stereocenters. The van der Waals surface area contributed by atoms with E-state index in [1.807, 2.05) is 12.1 Å². The molecule has 18 heavy (non-hydrogen) atoms. The van der Waals surface area contributed by atoms with E-state index in [9.17, 15) is 0 Å². The van der Waals surface area contributed by atoms with Gasteiger partial charge in [0.25, 0.3) is 0 Å². The molecule has 1 aliphatic rings. The topological polar surface area (TPSA) is 61.8 Å². The SMILES string of the molecule is N#Cc1ccc(NC2CCCCCCC2)cc1N. The first kappa shape index (κ1) is 12.8. The third kappa shape index (κ3) is 3.40. The van der Waals surface area contributed by atoms with E-state index in [1.54, 1.807) is 6.07 Å². The van der Waals surface area contributed by atoms with Gasteiger partial charge in [-0.05, 0) is 31.0 Å². The van der Waals surface area contributed by atoms with Crippen LogP contribution in [0.1, 0.15) is 50.5 Å². The second-order valence-corrected chi connectivity index (χ2v) is 5.10. The second-order valence-electron chi connectivity index (χ2n) is 5.10. The van der Waals surface area contributed by atoms with Gasteiger partial charge in [-0.1, -0.05) is 32.1 Å².